The zero-order chi connectivity index (χ0) is 18.2. The summed E-state index contributed by atoms with van der Waals surface area (Å²) in [6.45, 7) is 0.544. The van der Waals surface area contributed by atoms with E-state index in [1.54, 1.807) is 19.4 Å². The second-order valence-corrected chi connectivity index (χ2v) is 5.58. The third kappa shape index (κ3) is 4.57. The lowest BCUT2D eigenvalue weighted by atomic mass is 10.1. The number of hydrogen-bond acceptors (Lipinski definition) is 5. The highest BCUT2D eigenvalue weighted by molar-refractivity contribution is 5.92. The molecule has 1 amide bonds. The number of amides is 1. The van der Waals surface area contributed by atoms with Crippen LogP contribution in [0.25, 0.3) is 0 Å². The predicted octanol–water partition coefficient (Wildman–Crippen LogP) is 3.20. The van der Waals surface area contributed by atoms with Crippen LogP contribution in [0.4, 0.5) is 11.6 Å². The number of nitrogens with zero attached hydrogens (tertiary/aromatic N) is 2. The molecule has 0 radical (unpaired) electrons. The number of methoxy groups -OCH3 is 1. The SMILES string of the molecule is COc1ccccc1Nc1nccc(C(=O)NCCc2ccccc2)n1. The van der Waals surface area contributed by atoms with E-state index < -0.39 is 0 Å². The van der Waals surface area contributed by atoms with Gasteiger partial charge in [0.05, 0.1) is 12.8 Å². The second-order valence-electron chi connectivity index (χ2n) is 5.58. The Hall–Kier alpha value is -3.41. The fourth-order valence-electron chi connectivity index (χ4n) is 2.47. The van der Waals surface area contributed by atoms with Crippen LogP contribution in [-0.4, -0.2) is 29.5 Å². The molecule has 0 fully saturated rings. The summed E-state index contributed by atoms with van der Waals surface area (Å²) >= 11 is 0. The highest BCUT2D eigenvalue weighted by atomic mass is 16.5. The Morgan fingerprint density at radius 3 is 2.62 bits per heavy atom. The standard InChI is InChI=1S/C20H20N4O2/c1-26-18-10-6-5-9-16(18)23-20-22-14-12-17(24-20)19(25)21-13-11-15-7-3-2-4-8-15/h2-10,12,14H,11,13H2,1H3,(H,21,25)(H,22,23,24). The van der Waals surface area contributed by atoms with Crippen LogP contribution in [0.1, 0.15) is 16.1 Å². The molecule has 6 heteroatoms. The first-order valence-corrected chi connectivity index (χ1v) is 8.31. The number of benzene rings is 2. The molecule has 0 bridgehead atoms. The zero-order valence-corrected chi connectivity index (χ0v) is 14.5. The van der Waals surface area contributed by atoms with Crippen LogP contribution < -0.4 is 15.4 Å². The van der Waals surface area contributed by atoms with Gasteiger partial charge in [0.15, 0.2) is 0 Å². The van der Waals surface area contributed by atoms with E-state index in [0.717, 1.165) is 12.1 Å². The van der Waals surface area contributed by atoms with Crippen LogP contribution in [0.5, 0.6) is 5.75 Å². The van der Waals surface area contributed by atoms with Crippen LogP contribution in [0.3, 0.4) is 0 Å². The van der Waals surface area contributed by atoms with Crippen LogP contribution >= 0.6 is 0 Å². The topological polar surface area (TPSA) is 76.1 Å². The van der Waals surface area contributed by atoms with Crippen molar-refractivity contribution in [2.24, 2.45) is 0 Å². The summed E-state index contributed by atoms with van der Waals surface area (Å²) in [5, 5.41) is 5.95. The van der Waals surface area contributed by atoms with E-state index in [1.807, 2.05) is 54.6 Å². The van der Waals surface area contributed by atoms with Crippen molar-refractivity contribution in [3.05, 3.63) is 78.1 Å². The molecule has 0 saturated carbocycles. The van der Waals surface area contributed by atoms with Gasteiger partial charge >= 0.3 is 0 Å². The Kier molecular flexibility index (Phi) is 5.77. The first-order chi connectivity index (χ1) is 12.8. The molecule has 0 unspecified atom stereocenters. The lowest BCUT2D eigenvalue weighted by Crippen LogP contribution is -2.26. The number of para-hydroxylation sites is 2. The Bertz CT molecular complexity index is 868. The van der Waals surface area contributed by atoms with Gasteiger partial charge in [0.1, 0.15) is 11.4 Å². The lowest BCUT2D eigenvalue weighted by molar-refractivity contribution is 0.0949. The van der Waals surface area contributed by atoms with Gasteiger partial charge in [-0.1, -0.05) is 42.5 Å². The predicted molar refractivity (Wildman–Crippen MR) is 101 cm³/mol. The van der Waals surface area contributed by atoms with E-state index in [0.29, 0.717) is 23.9 Å². The Morgan fingerprint density at radius 1 is 1.04 bits per heavy atom. The molecule has 3 aromatic rings. The summed E-state index contributed by atoms with van der Waals surface area (Å²) in [4.78, 5) is 20.8. The van der Waals surface area contributed by atoms with Crippen LogP contribution in [0.15, 0.2) is 66.9 Å². The second kappa shape index (κ2) is 8.62. The molecule has 3 rings (SSSR count). The van der Waals surface area contributed by atoms with E-state index in [1.165, 1.54) is 5.56 Å². The number of aromatic nitrogens is 2. The summed E-state index contributed by atoms with van der Waals surface area (Å²) in [5.41, 5.74) is 2.22. The van der Waals surface area contributed by atoms with Gasteiger partial charge in [-0.25, -0.2) is 9.97 Å². The minimum Gasteiger partial charge on any atom is -0.495 e. The van der Waals surface area contributed by atoms with Gasteiger partial charge in [-0.05, 0) is 30.2 Å². The highest BCUT2D eigenvalue weighted by Crippen LogP contribution is 2.25. The van der Waals surface area contributed by atoms with Gasteiger partial charge in [0.25, 0.3) is 5.91 Å². The maximum absolute atomic E-state index is 12.3. The lowest BCUT2D eigenvalue weighted by Gasteiger charge is -2.10. The molecule has 6 nitrogen and oxygen atoms in total. The van der Waals surface area contributed by atoms with Crippen molar-refractivity contribution in [1.82, 2.24) is 15.3 Å². The first kappa shape index (κ1) is 17.4. The van der Waals surface area contributed by atoms with E-state index in [-0.39, 0.29) is 5.91 Å². The quantitative estimate of drug-likeness (QED) is 0.686. The highest BCUT2D eigenvalue weighted by Gasteiger charge is 2.10. The molecule has 0 atom stereocenters. The van der Waals surface area contributed by atoms with Crippen molar-refractivity contribution in [1.29, 1.82) is 0 Å². The monoisotopic (exact) mass is 348 g/mol. The van der Waals surface area contributed by atoms with Gasteiger partial charge in [0, 0.05) is 12.7 Å². The van der Waals surface area contributed by atoms with Crippen LogP contribution in [0, 0.1) is 0 Å². The van der Waals surface area contributed by atoms with Crippen molar-refractivity contribution in [2.45, 2.75) is 6.42 Å². The molecule has 2 aromatic carbocycles. The Labute approximate surface area is 152 Å². The van der Waals surface area contributed by atoms with Crippen LogP contribution in [0.2, 0.25) is 0 Å². The fourth-order valence-corrected chi connectivity index (χ4v) is 2.47. The maximum atomic E-state index is 12.3. The summed E-state index contributed by atoms with van der Waals surface area (Å²) < 4.78 is 5.29. The number of nitrogens with one attached hydrogen (secondary N) is 2. The average molecular weight is 348 g/mol. The summed E-state index contributed by atoms with van der Waals surface area (Å²) in [6, 6.07) is 19.0. The molecule has 1 aromatic heterocycles. The fraction of sp³-hybridized carbons (Fsp3) is 0.150. The smallest absolute Gasteiger partial charge is 0.270 e. The van der Waals surface area contributed by atoms with E-state index in [9.17, 15) is 4.79 Å². The molecule has 26 heavy (non-hydrogen) atoms. The van der Waals surface area contributed by atoms with Gasteiger partial charge in [0.2, 0.25) is 5.95 Å². The molecule has 1 heterocycles. The summed E-state index contributed by atoms with van der Waals surface area (Å²) in [7, 11) is 1.60. The van der Waals surface area contributed by atoms with Crippen LogP contribution in [-0.2, 0) is 6.42 Å². The molecule has 0 aliphatic heterocycles. The third-order valence-corrected chi connectivity index (χ3v) is 3.78. The van der Waals surface area contributed by atoms with Gasteiger partial charge in [-0.2, -0.15) is 0 Å². The van der Waals surface area contributed by atoms with Gasteiger partial charge < -0.3 is 15.4 Å². The molecule has 0 saturated heterocycles. The van der Waals surface area contributed by atoms with Gasteiger partial charge in [-0.3, -0.25) is 4.79 Å². The number of hydrogen-bond donors (Lipinski definition) is 2. The molecule has 2 N–H and O–H groups in total. The first-order valence-electron chi connectivity index (χ1n) is 8.31. The largest absolute Gasteiger partial charge is 0.495 e. The van der Waals surface area contributed by atoms with Crippen molar-refractivity contribution in [3.63, 3.8) is 0 Å². The molecule has 0 spiro atoms. The van der Waals surface area contributed by atoms with Crippen molar-refractivity contribution in [2.75, 3.05) is 19.0 Å². The minimum atomic E-state index is -0.230. The number of ether oxygens (including phenoxy) is 1. The summed E-state index contributed by atoms with van der Waals surface area (Å²) in [5.74, 6) is 0.783. The number of rotatable bonds is 7. The molecular weight excluding hydrogens is 328 g/mol. The van der Waals surface area contributed by atoms with Crippen molar-refractivity contribution >= 4 is 17.5 Å². The van der Waals surface area contributed by atoms with E-state index in [4.69, 9.17) is 4.74 Å². The number of carbonyl (C=O) groups excluding carboxylic acids is 1. The number of anilines is 2. The average Bonchev–Trinajstić information content (AvgIpc) is 2.69. The molecular formula is C20H20N4O2. The summed E-state index contributed by atoms with van der Waals surface area (Å²) in [6.07, 6.45) is 2.32. The van der Waals surface area contributed by atoms with Crippen molar-refractivity contribution in [3.8, 4) is 5.75 Å². The maximum Gasteiger partial charge on any atom is 0.270 e. The zero-order valence-electron chi connectivity index (χ0n) is 14.5. The van der Waals surface area contributed by atoms with E-state index in [2.05, 4.69) is 20.6 Å². The van der Waals surface area contributed by atoms with Gasteiger partial charge in [-0.15, -0.1) is 0 Å². The Balaban J connectivity index is 1.62. The molecule has 0 aliphatic rings. The molecule has 132 valence electrons. The molecule has 0 aliphatic carbocycles. The third-order valence-electron chi connectivity index (χ3n) is 3.78. The van der Waals surface area contributed by atoms with Crippen molar-refractivity contribution < 1.29 is 9.53 Å². The normalized spacial score (nSPS) is 10.2. The Morgan fingerprint density at radius 2 is 1.81 bits per heavy atom. The van der Waals surface area contributed by atoms with E-state index >= 15 is 0 Å². The minimum absolute atomic E-state index is 0.230. The number of carbonyl (C=O) groups is 1.